The number of carbonyl (C=O) groups excluding carboxylic acids is 1. The molecule has 1 aromatic carbocycles. The van der Waals surface area contributed by atoms with Crippen molar-refractivity contribution in [3.8, 4) is 35.1 Å². The molecule has 2 N–H and O–H groups in total. The average Bonchev–Trinajstić information content (AvgIpc) is 2.73. The van der Waals surface area contributed by atoms with Gasteiger partial charge in [-0.1, -0.05) is 5.92 Å². The van der Waals surface area contributed by atoms with E-state index in [2.05, 4.69) is 10.9 Å². The number of carbonyl (C=O) groups is 1. The molecule has 0 aliphatic rings. The Kier molecular flexibility index (Phi) is 4.37. The van der Waals surface area contributed by atoms with E-state index in [-0.39, 0.29) is 5.88 Å². The molecule has 2 rings (SSSR count). The second-order valence-electron chi connectivity index (χ2n) is 5.69. The first-order valence-electron chi connectivity index (χ1n) is 7.15. The minimum Gasteiger partial charge on any atom is -0.494 e. The van der Waals surface area contributed by atoms with E-state index in [1.165, 1.54) is 4.90 Å². The summed E-state index contributed by atoms with van der Waals surface area (Å²) in [5.41, 5.74) is 4.40. The van der Waals surface area contributed by atoms with Gasteiger partial charge in [-0.15, -0.1) is 6.42 Å². The lowest BCUT2D eigenvalue weighted by molar-refractivity contribution is 0.172. The molecular formula is C18H20N2O3. The molecule has 5 nitrogen and oxygen atoms in total. The summed E-state index contributed by atoms with van der Waals surface area (Å²) in [5.74, 6) is 2.89. The molecule has 0 fully saturated rings. The maximum atomic E-state index is 11.9. The van der Waals surface area contributed by atoms with Gasteiger partial charge in [0.2, 0.25) is 5.88 Å². The number of aromatic amines is 1. The van der Waals surface area contributed by atoms with E-state index in [9.17, 15) is 9.90 Å². The molecule has 0 saturated carbocycles. The van der Waals surface area contributed by atoms with Crippen LogP contribution in [-0.2, 0) is 0 Å². The number of nitrogens with zero attached hydrogens (tertiary/aromatic N) is 1. The van der Waals surface area contributed by atoms with Crippen molar-refractivity contribution in [3.63, 3.8) is 0 Å². The number of hydrogen-bond acceptors (Lipinski definition) is 3. The second kappa shape index (κ2) is 6.09. The second-order valence-corrected chi connectivity index (χ2v) is 5.69. The first-order valence-corrected chi connectivity index (χ1v) is 7.15. The molecule has 0 atom stereocenters. The Morgan fingerprint density at radius 3 is 2.26 bits per heavy atom. The monoisotopic (exact) mass is 312 g/mol. The zero-order valence-electron chi connectivity index (χ0n) is 13.9. The van der Waals surface area contributed by atoms with E-state index in [0.717, 1.165) is 22.3 Å². The van der Waals surface area contributed by atoms with Gasteiger partial charge in [0.1, 0.15) is 0 Å². The van der Waals surface area contributed by atoms with Crippen LogP contribution in [0.4, 0.5) is 4.79 Å². The lowest BCUT2D eigenvalue weighted by Gasteiger charge is -2.15. The van der Waals surface area contributed by atoms with Gasteiger partial charge in [-0.2, -0.15) is 0 Å². The Bertz CT molecular complexity index is 787. The number of aromatic hydroxyl groups is 1. The molecule has 0 aliphatic heterocycles. The van der Waals surface area contributed by atoms with E-state index in [0.29, 0.717) is 17.0 Å². The Morgan fingerprint density at radius 2 is 1.78 bits per heavy atom. The number of aryl methyl sites for hydroxylation is 3. The first kappa shape index (κ1) is 16.5. The van der Waals surface area contributed by atoms with Crippen molar-refractivity contribution in [2.24, 2.45) is 0 Å². The summed E-state index contributed by atoms with van der Waals surface area (Å²) >= 11 is 0. The molecule has 0 bridgehead atoms. The smallest absolute Gasteiger partial charge is 0.414 e. The predicted octanol–water partition coefficient (Wildman–Crippen LogP) is 3.35. The van der Waals surface area contributed by atoms with Gasteiger partial charge >= 0.3 is 6.09 Å². The van der Waals surface area contributed by atoms with Crippen LogP contribution < -0.4 is 4.74 Å². The van der Waals surface area contributed by atoms with Crippen LogP contribution in [0.1, 0.15) is 22.4 Å². The molecule has 2 aromatic rings. The summed E-state index contributed by atoms with van der Waals surface area (Å²) in [6, 6.07) is 3.73. The van der Waals surface area contributed by atoms with Gasteiger partial charge < -0.3 is 19.7 Å². The number of ether oxygens (including phenoxy) is 1. The number of amides is 1. The Morgan fingerprint density at radius 1 is 1.22 bits per heavy atom. The van der Waals surface area contributed by atoms with Crippen molar-refractivity contribution in [3.05, 3.63) is 34.5 Å². The fourth-order valence-electron chi connectivity index (χ4n) is 2.57. The van der Waals surface area contributed by atoms with Gasteiger partial charge in [0, 0.05) is 19.7 Å². The molecule has 23 heavy (non-hydrogen) atoms. The Hall–Kier alpha value is -2.87. The minimum absolute atomic E-state index is 0.0382. The molecule has 1 heterocycles. The molecule has 1 amide bonds. The Labute approximate surface area is 135 Å². The quantitative estimate of drug-likeness (QED) is 0.836. The van der Waals surface area contributed by atoms with Crippen LogP contribution in [-0.4, -0.2) is 35.2 Å². The summed E-state index contributed by atoms with van der Waals surface area (Å²) in [6.45, 7) is 5.55. The number of aromatic nitrogens is 1. The SMILES string of the molecule is C#Cc1cc(C)c(-c2c(O)[nH]c(C)c2OC(=O)N(C)C)c(C)c1. The van der Waals surface area contributed by atoms with Crippen molar-refractivity contribution in [2.45, 2.75) is 20.8 Å². The third-order valence-electron chi connectivity index (χ3n) is 3.61. The molecular weight excluding hydrogens is 292 g/mol. The maximum absolute atomic E-state index is 11.9. The summed E-state index contributed by atoms with van der Waals surface area (Å²) in [7, 11) is 3.20. The highest BCUT2D eigenvalue weighted by molar-refractivity contribution is 5.85. The van der Waals surface area contributed by atoms with E-state index < -0.39 is 6.09 Å². The van der Waals surface area contributed by atoms with E-state index in [1.807, 2.05) is 26.0 Å². The lowest BCUT2D eigenvalue weighted by Crippen LogP contribution is -2.25. The van der Waals surface area contributed by atoms with Gasteiger partial charge in [0.05, 0.1) is 11.3 Å². The van der Waals surface area contributed by atoms with Crippen molar-refractivity contribution >= 4 is 6.09 Å². The third kappa shape index (κ3) is 3.02. The Balaban J connectivity index is 2.66. The van der Waals surface area contributed by atoms with Crippen LogP contribution in [0.5, 0.6) is 11.6 Å². The molecule has 0 radical (unpaired) electrons. The molecule has 0 aliphatic carbocycles. The standard InChI is InChI=1S/C18H20N2O3/c1-7-13-8-10(2)14(11(3)9-13)15-16(12(4)19-17(15)21)23-18(22)20(5)6/h1,8-9,19,21H,2-6H3. The fourth-order valence-corrected chi connectivity index (χ4v) is 2.57. The third-order valence-corrected chi connectivity index (χ3v) is 3.61. The first-order chi connectivity index (χ1) is 10.8. The zero-order valence-corrected chi connectivity index (χ0v) is 13.9. The highest BCUT2D eigenvalue weighted by atomic mass is 16.6. The number of nitrogens with one attached hydrogen (secondary N) is 1. The molecule has 0 spiro atoms. The molecule has 120 valence electrons. The topological polar surface area (TPSA) is 65.6 Å². The highest BCUT2D eigenvalue weighted by Crippen LogP contribution is 2.43. The summed E-state index contributed by atoms with van der Waals surface area (Å²) in [6.07, 6.45) is 4.95. The van der Waals surface area contributed by atoms with Gasteiger partial charge in [-0.3, -0.25) is 0 Å². The predicted molar refractivity (Wildman–Crippen MR) is 89.8 cm³/mol. The fraction of sp³-hybridized carbons (Fsp3) is 0.278. The summed E-state index contributed by atoms with van der Waals surface area (Å²) in [5, 5.41) is 10.3. The normalized spacial score (nSPS) is 10.3. The molecule has 1 aromatic heterocycles. The van der Waals surface area contributed by atoms with Crippen LogP contribution in [0.3, 0.4) is 0 Å². The number of benzene rings is 1. The van der Waals surface area contributed by atoms with Gasteiger partial charge in [-0.25, -0.2) is 4.79 Å². The number of rotatable bonds is 2. The van der Waals surface area contributed by atoms with Gasteiger partial charge in [0.25, 0.3) is 0 Å². The van der Waals surface area contributed by atoms with E-state index in [4.69, 9.17) is 11.2 Å². The van der Waals surface area contributed by atoms with Gasteiger partial charge in [-0.05, 0) is 49.6 Å². The minimum atomic E-state index is -0.510. The van der Waals surface area contributed by atoms with E-state index in [1.54, 1.807) is 21.0 Å². The summed E-state index contributed by atoms with van der Waals surface area (Å²) < 4.78 is 5.43. The van der Waals surface area contributed by atoms with Crippen molar-refractivity contribution in [1.82, 2.24) is 9.88 Å². The van der Waals surface area contributed by atoms with Gasteiger partial charge in [0.15, 0.2) is 5.75 Å². The zero-order chi connectivity index (χ0) is 17.3. The summed E-state index contributed by atoms with van der Waals surface area (Å²) in [4.78, 5) is 16.1. The van der Waals surface area contributed by atoms with Crippen LogP contribution in [0.15, 0.2) is 12.1 Å². The number of H-pyrrole nitrogens is 1. The van der Waals surface area contributed by atoms with Crippen LogP contribution in [0.25, 0.3) is 11.1 Å². The van der Waals surface area contributed by atoms with Crippen molar-refractivity contribution in [2.75, 3.05) is 14.1 Å². The number of terminal acetylenes is 1. The highest BCUT2D eigenvalue weighted by Gasteiger charge is 2.24. The largest absolute Gasteiger partial charge is 0.494 e. The average molecular weight is 312 g/mol. The van der Waals surface area contributed by atoms with Crippen LogP contribution in [0.2, 0.25) is 0 Å². The van der Waals surface area contributed by atoms with E-state index >= 15 is 0 Å². The van der Waals surface area contributed by atoms with Crippen LogP contribution in [0, 0.1) is 33.1 Å². The molecule has 0 unspecified atom stereocenters. The lowest BCUT2D eigenvalue weighted by atomic mass is 9.94. The molecule has 0 saturated heterocycles. The molecule has 5 heteroatoms. The van der Waals surface area contributed by atoms with Crippen molar-refractivity contribution < 1.29 is 14.6 Å². The van der Waals surface area contributed by atoms with Crippen molar-refractivity contribution in [1.29, 1.82) is 0 Å². The number of hydrogen-bond donors (Lipinski definition) is 2. The van der Waals surface area contributed by atoms with Crippen LogP contribution >= 0.6 is 0 Å². The maximum Gasteiger partial charge on any atom is 0.414 e.